The summed E-state index contributed by atoms with van der Waals surface area (Å²) in [5.74, 6) is 0. The number of carbonyl (C=O) groups is 1. The molecule has 1 amide bonds. The van der Waals surface area contributed by atoms with Crippen LogP contribution in [-0.4, -0.2) is 5.24 Å². The number of alkyl halides is 3. The lowest BCUT2D eigenvalue weighted by molar-refractivity contribution is -0.137. The van der Waals surface area contributed by atoms with Crippen molar-refractivity contribution in [3.63, 3.8) is 0 Å². The first-order chi connectivity index (χ1) is 10.3. The molecule has 2 nitrogen and oxygen atoms in total. The molecule has 0 saturated carbocycles. The first-order valence-corrected chi connectivity index (χ1v) is 7.38. The highest BCUT2D eigenvalue weighted by Crippen LogP contribution is 2.34. The van der Waals surface area contributed by atoms with E-state index in [1.165, 1.54) is 0 Å². The number of aryl methyl sites for hydroxylation is 1. The Bertz CT molecular complexity index is 703. The van der Waals surface area contributed by atoms with Crippen molar-refractivity contribution in [3.05, 3.63) is 58.6 Å². The number of carbonyl (C=O) groups excluding carboxylic acids is 1. The molecule has 22 heavy (non-hydrogen) atoms. The van der Waals surface area contributed by atoms with Crippen LogP contribution in [0.3, 0.4) is 0 Å². The summed E-state index contributed by atoms with van der Waals surface area (Å²) >= 11 is 6.73. The van der Waals surface area contributed by atoms with Crippen molar-refractivity contribution in [1.29, 1.82) is 0 Å². The number of thioether (sulfide) groups is 1. The Labute approximate surface area is 134 Å². The summed E-state index contributed by atoms with van der Waals surface area (Å²) in [6.07, 6.45) is -4.49. The number of halogens is 4. The maximum Gasteiger partial charge on any atom is 0.416 e. The smallest absolute Gasteiger partial charge is 0.315 e. The van der Waals surface area contributed by atoms with Gasteiger partial charge in [0.1, 0.15) is 0 Å². The zero-order valence-electron chi connectivity index (χ0n) is 11.4. The van der Waals surface area contributed by atoms with Crippen molar-refractivity contribution < 1.29 is 18.0 Å². The van der Waals surface area contributed by atoms with Crippen molar-refractivity contribution in [2.24, 2.45) is 0 Å². The maximum atomic E-state index is 12.7. The SMILES string of the molecule is Cc1ccccc1SC(=O)Nc1cc(C(F)(F)F)ccc1Cl. The lowest BCUT2D eigenvalue weighted by Gasteiger charge is -2.11. The third-order valence-corrected chi connectivity index (χ3v) is 4.12. The minimum atomic E-state index is -4.49. The summed E-state index contributed by atoms with van der Waals surface area (Å²) in [6, 6.07) is 10.0. The standard InChI is InChI=1S/C15H11ClF3NOS/c1-9-4-2-3-5-13(9)22-14(21)20-12-8-10(15(17,18)19)6-7-11(12)16/h2-8H,1H3,(H,20,21). The van der Waals surface area contributed by atoms with E-state index in [4.69, 9.17) is 11.6 Å². The fraction of sp³-hybridized carbons (Fsp3) is 0.133. The molecule has 0 aliphatic carbocycles. The Balaban J connectivity index is 2.17. The summed E-state index contributed by atoms with van der Waals surface area (Å²) in [6.45, 7) is 1.84. The predicted octanol–water partition coefficient (Wildman–Crippen LogP) is 5.99. The minimum absolute atomic E-state index is 0.0479. The van der Waals surface area contributed by atoms with Crippen LogP contribution in [-0.2, 0) is 6.18 Å². The van der Waals surface area contributed by atoms with Gasteiger partial charge < -0.3 is 5.32 Å². The van der Waals surface area contributed by atoms with Crippen molar-refractivity contribution in [2.75, 3.05) is 5.32 Å². The van der Waals surface area contributed by atoms with Crippen LogP contribution in [0.5, 0.6) is 0 Å². The summed E-state index contributed by atoms with van der Waals surface area (Å²) < 4.78 is 38.0. The van der Waals surface area contributed by atoms with Crippen LogP contribution in [0.1, 0.15) is 11.1 Å². The van der Waals surface area contributed by atoms with Gasteiger partial charge in [0.2, 0.25) is 0 Å². The number of benzene rings is 2. The van der Waals surface area contributed by atoms with Gasteiger partial charge in [0.25, 0.3) is 5.24 Å². The van der Waals surface area contributed by atoms with Gasteiger partial charge in [-0.1, -0.05) is 29.8 Å². The second-order valence-electron chi connectivity index (χ2n) is 4.47. The quantitative estimate of drug-likeness (QED) is 0.677. The fourth-order valence-corrected chi connectivity index (χ4v) is 2.60. The molecular weight excluding hydrogens is 335 g/mol. The molecule has 0 spiro atoms. The number of anilines is 1. The molecular formula is C15H11ClF3NOS. The Hall–Kier alpha value is -1.66. The molecule has 0 aromatic heterocycles. The van der Waals surface area contributed by atoms with Crippen molar-refractivity contribution in [3.8, 4) is 0 Å². The third-order valence-electron chi connectivity index (χ3n) is 2.83. The van der Waals surface area contributed by atoms with Gasteiger partial charge in [-0.3, -0.25) is 4.79 Å². The number of hydrogen-bond donors (Lipinski definition) is 1. The third kappa shape index (κ3) is 4.18. The molecule has 2 rings (SSSR count). The first kappa shape index (κ1) is 16.7. The molecule has 0 saturated heterocycles. The van der Waals surface area contributed by atoms with Gasteiger partial charge in [-0.2, -0.15) is 13.2 Å². The number of rotatable bonds is 2. The largest absolute Gasteiger partial charge is 0.416 e. The molecule has 2 aromatic rings. The van der Waals surface area contributed by atoms with Gasteiger partial charge in [0.05, 0.1) is 16.3 Å². The Morgan fingerprint density at radius 3 is 2.50 bits per heavy atom. The Kier molecular flexibility index (Phi) is 5.03. The van der Waals surface area contributed by atoms with E-state index in [0.29, 0.717) is 0 Å². The average Bonchev–Trinajstić information content (AvgIpc) is 2.42. The van der Waals surface area contributed by atoms with Gasteiger partial charge in [-0.05, 0) is 48.5 Å². The van der Waals surface area contributed by atoms with Crippen LogP contribution in [0.15, 0.2) is 47.4 Å². The topological polar surface area (TPSA) is 29.1 Å². The molecule has 0 aliphatic rings. The van der Waals surface area contributed by atoms with Crippen LogP contribution in [0.4, 0.5) is 23.7 Å². The van der Waals surface area contributed by atoms with E-state index >= 15 is 0 Å². The highest BCUT2D eigenvalue weighted by Gasteiger charge is 2.31. The van der Waals surface area contributed by atoms with Crippen LogP contribution in [0, 0.1) is 6.92 Å². The monoisotopic (exact) mass is 345 g/mol. The van der Waals surface area contributed by atoms with Gasteiger partial charge in [-0.25, -0.2) is 0 Å². The number of amides is 1. The van der Waals surface area contributed by atoms with E-state index in [1.54, 1.807) is 12.1 Å². The highest BCUT2D eigenvalue weighted by molar-refractivity contribution is 8.14. The molecule has 7 heteroatoms. The molecule has 116 valence electrons. The second-order valence-corrected chi connectivity index (χ2v) is 5.89. The van der Waals surface area contributed by atoms with E-state index in [1.807, 2.05) is 19.1 Å². The minimum Gasteiger partial charge on any atom is -0.315 e. The molecule has 0 unspecified atom stereocenters. The summed E-state index contributed by atoms with van der Waals surface area (Å²) in [5, 5.41) is 1.93. The average molecular weight is 346 g/mol. The Morgan fingerprint density at radius 1 is 1.18 bits per heavy atom. The highest BCUT2D eigenvalue weighted by atomic mass is 35.5. The number of nitrogens with one attached hydrogen (secondary N) is 1. The normalized spacial score (nSPS) is 11.3. The lowest BCUT2D eigenvalue weighted by atomic mass is 10.2. The molecule has 1 N–H and O–H groups in total. The van der Waals surface area contributed by atoms with Crippen LogP contribution in [0.2, 0.25) is 5.02 Å². The lowest BCUT2D eigenvalue weighted by Crippen LogP contribution is -2.09. The second kappa shape index (κ2) is 6.62. The number of hydrogen-bond acceptors (Lipinski definition) is 2. The van der Waals surface area contributed by atoms with Crippen molar-refractivity contribution >= 4 is 34.3 Å². The fourth-order valence-electron chi connectivity index (χ4n) is 1.70. The van der Waals surface area contributed by atoms with E-state index in [-0.39, 0.29) is 10.7 Å². The van der Waals surface area contributed by atoms with Crippen LogP contribution in [0.25, 0.3) is 0 Å². The summed E-state index contributed by atoms with van der Waals surface area (Å²) in [4.78, 5) is 12.7. The van der Waals surface area contributed by atoms with E-state index in [9.17, 15) is 18.0 Å². The van der Waals surface area contributed by atoms with E-state index in [2.05, 4.69) is 5.32 Å². The van der Waals surface area contributed by atoms with Gasteiger partial charge in [-0.15, -0.1) is 0 Å². The van der Waals surface area contributed by atoms with Crippen LogP contribution < -0.4 is 5.32 Å². The molecule has 0 atom stereocenters. The summed E-state index contributed by atoms with van der Waals surface area (Å²) in [5.41, 5.74) is -0.0338. The summed E-state index contributed by atoms with van der Waals surface area (Å²) in [7, 11) is 0. The predicted molar refractivity (Wildman–Crippen MR) is 82.5 cm³/mol. The molecule has 0 radical (unpaired) electrons. The Morgan fingerprint density at radius 2 is 1.86 bits per heavy atom. The maximum absolute atomic E-state index is 12.7. The van der Waals surface area contributed by atoms with Gasteiger partial charge >= 0.3 is 6.18 Å². The van der Waals surface area contributed by atoms with E-state index < -0.39 is 17.0 Å². The van der Waals surface area contributed by atoms with Crippen molar-refractivity contribution in [1.82, 2.24) is 0 Å². The van der Waals surface area contributed by atoms with Gasteiger partial charge in [0.15, 0.2) is 0 Å². The zero-order chi connectivity index (χ0) is 16.3. The molecule has 0 heterocycles. The molecule has 2 aromatic carbocycles. The first-order valence-electron chi connectivity index (χ1n) is 6.18. The van der Waals surface area contributed by atoms with Crippen LogP contribution >= 0.6 is 23.4 Å². The molecule has 0 bridgehead atoms. The van der Waals surface area contributed by atoms with Crippen molar-refractivity contribution in [2.45, 2.75) is 18.0 Å². The van der Waals surface area contributed by atoms with Gasteiger partial charge in [0, 0.05) is 4.90 Å². The van der Waals surface area contributed by atoms with E-state index in [0.717, 1.165) is 40.4 Å². The molecule has 0 fully saturated rings. The molecule has 0 aliphatic heterocycles. The zero-order valence-corrected chi connectivity index (χ0v) is 12.9.